The summed E-state index contributed by atoms with van der Waals surface area (Å²) in [6.07, 6.45) is 6.14. The molecule has 9 heteroatoms. The number of hydrogen-bond acceptors (Lipinski definition) is 5. The Morgan fingerprint density at radius 2 is 1.90 bits per heavy atom. The molecule has 0 saturated carbocycles. The second kappa shape index (κ2) is 12.2. The zero-order chi connectivity index (χ0) is 28.5. The molecule has 0 radical (unpaired) electrons. The van der Waals surface area contributed by atoms with Gasteiger partial charge in [0.25, 0.3) is 5.91 Å². The number of halogens is 1. The van der Waals surface area contributed by atoms with Crippen molar-refractivity contribution in [2.24, 2.45) is 11.8 Å². The number of carbonyl (C=O) groups excluding carboxylic acids is 3. The molecule has 1 aromatic rings. The summed E-state index contributed by atoms with van der Waals surface area (Å²) in [5.41, 5.74) is 2.84. The number of rotatable bonds is 12. The first kappa shape index (κ1) is 29.9. The van der Waals surface area contributed by atoms with E-state index in [-0.39, 0.29) is 34.4 Å². The molecule has 1 spiro atoms. The van der Waals surface area contributed by atoms with Crippen LogP contribution >= 0.6 is 27.7 Å². The SMILES string of the molecule is C=CCN(C)C(=O)[C@H]1[C@H]2C(=O)N(CCCCCO)C(C(=O)N(CC=C)c3cc(C)ccc3C)C23CC(Br)[C@@H]1S3. The fourth-order valence-corrected chi connectivity index (χ4v) is 10.2. The minimum absolute atomic E-state index is 0.0239. The first-order valence-electron chi connectivity index (χ1n) is 13.7. The number of nitrogens with zero attached hydrogens (tertiary/aromatic N) is 3. The number of unbranched alkanes of at least 4 members (excludes halogenated alkanes) is 2. The van der Waals surface area contributed by atoms with Gasteiger partial charge in [-0.3, -0.25) is 14.4 Å². The summed E-state index contributed by atoms with van der Waals surface area (Å²) < 4.78 is -0.698. The van der Waals surface area contributed by atoms with Gasteiger partial charge in [0.15, 0.2) is 0 Å². The highest BCUT2D eigenvalue weighted by atomic mass is 79.9. The number of aliphatic hydroxyl groups is 1. The number of aliphatic hydroxyl groups excluding tert-OH is 1. The van der Waals surface area contributed by atoms with Crippen molar-refractivity contribution in [1.82, 2.24) is 9.80 Å². The molecule has 212 valence electrons. The van der Waals surface area contributed by atoms with Crippen LogP contribution in [0, 0.1) is 25.7 Å². The van der Waals surface area contributed by atoms with Gasteiger partial charge in [-0.05, 0) is 56.7 Å². The maximum atomic E-state index is 14.7. The summed E-state index contributed by atoms with van der Waals surface area (Å²) in [6, 6.07) is 5.35. The van der Waals surface area contributed by atoms with Crippen LogP contribution in [0.25, 0.3) is 0 Å². The number of thioether (sulfide) groups is 1. The molecular formula is C30H40BrN3O4S. The van der Waals surface area contributed by atoms with Gasteiger partial charge in [0.1, 0.15) is 6.04 Å². The first-order valence-corrected chi connectivity index (χ1v) is 15.5. The van der Waals surface area contributed by atoms with E-state index in [1.807, 2.05) is 32.0 Å². The normalized spacial score (nSPS) is 28.9. The third-order valence-electron chi connectivity index (χ3n) is 8.38. The van der Waals surface area contributed by atoms with Crippen LogP contribution in [0.15, 0.2) is 43.5 Å². The second-order valence-electron chi connectivity index (χ2n) is 11.0. The van der Waals surface area contributed by atoms with Crippen molar-refractivity contribution in [2.75, 3.05) is 38.2 Å². The minimum atomic E-state index is -0.698. The van der Waals surface area contributed by atoms with E-state index in [0.29, 0.717) is 38.9 Å². The average Bonchev–Trinajstić information content (AvgIpc) is 3.49. The van der Waals surface area contributed by atoms with Crippen LogP contribution in [0.5, 0.6) is 0 Å². The molecule has 3 heterocycles. The van der Waals surface area contributed by atoms with Gasteiger partial charge in [-0.25, -0.2) is 0 Å². The Morgan fingerprint density at radius 3 is 2.56 bits per heavy atom. The molecule has 3 amide bonds. The molecule has 7 nitrogen and oxygen atoms in total. The van der Waals surface area contributed by atoms with Gasteiger partial charge in [0.2, 0.25) is 11.8 Å². The van der Waals surface area contributed by atoms with Crippen molar-refractivity contribution in [1.29, 1.82) is 0 Å². The second-order valence-corrected chi connectivity index (χ2v) is 13.7. The van der Waals surface area contributed by atoms with Crippen LogP contribution < -0.4 is 4.90 Å². The van der Waals surface area contributed by atoms with E-state index in [1.165, 1.54) is 0 Å². The molecule has 6 atom stereocenters. The lowest BCUT2D eigenvalue weighted by atomic mass is 9.70. The fourth-order valence-electron chi connectivity index (χ4n) is 6.63. The molecule has 4 rings (SSSR count). The van der Waals surface area contributed by atoms with Crippen molar-refractivity contribution in [2.45, 2.75) is 60.4 Å². The van der Waals surface area contributed by atoms with Crippen LogP contribution in [0.4, 0.5) is 5.69 Å². The topological polar surface area (TPSA) is 81.2 Å². The van der Waals surface area contributed by atoms with Crippen molar-refractivity contribution in [3.8, 4) is 0 Å². The largest absolute Gasteiger partial charge is 0.396 e. The Balaban J connectivity index is 1.79. The highest BCUT2D eigenvalue weighted by molar-refractivity contribution is 9.09. The van der Waals surface area contributed by atoms with E-state index in [2.05, 4.69) is 29.1 Å². The summed E-state index contributed by atoms with van der Waals surface area (Å²) in [4.78, 5) is 47.9. The van der Waals surface area contributed by atoms with Gasteiger partial charge < -0.3 is 19.8 Å². The highest BCUT2D eigenvalue weighted by Crippen LogP contribution is 2.68. The molecule has 3 aliphatic rings. The van der Waals surface area contributed by atoms with Crippen molar-refractivity contribution >= 4 is 51.1 Å². The lowest BCUT2D eigenvalue weighted by Crippen LogP contribution is -2.56. The Morgan fingerprint density at radius 1 is 1.18 bits per heavy atom. The Labute approximate surface area is 244 Å². The van der Waals surface area contributed by atoms with Gasteiger partial charge in [-0.2, -0.15) is 0 Å². The number of fused-ring (bicyclic) bond motifs is 1. The van der Waals surface area contributed by atoms with E-state index < -0.39 is 22.6 Å². The smallest absolute Gasteiger partial charge is 0.251 e. The first-order chi connectivity index (χ1) is 18.6. The number of likely N-dealkylation sites (tertiary alicyclic amines) is 1. The third kappa shape index (κ3) is 5.22. The third-order valence-corrected chi connectivity index (χ3v) is 11.6. The van der Waals surface area contributed by atoms with Gasteiger partial charge in [-0.1, -0.05) is 40.2 Å². The summed E-state index contributed by atoms with van der Waals surface area (Å²) >= 11 is 5.50. The quantitative estimate of drug-likeness (QED) is 0.217. The van der Waals surface area contributed by atoms with E-state index in [9.17, 15) is 19.5 Å². The summed E-state index contributed by atoms with van der Waals surface area (Å²) in [6.45, 7) is 12.9. The molecule has 0 aliphatic carbocycles. The van der Waals surface area contributed by atoms with Gasteiger partial charge >= 0.3 is 0 Å². The van der Waals surface area contributed by atoms with Crippen molar-refractivity contribution in [3.05, 3.63) is 54.6 Å². The summed E-state index contributed by atoms with van der Waals surface area (Å²) in [5, 5.41) is 9.20. The van der Waals surface area contributed by atoms with E-state index in [4.69, 9.17) is 0 Å². The van der Waals surface area contributed by atoms with E-state index in [0.717, 1.165) is 23.2 Å². The van der Waals surface area contributed by atoms with Crippen molar-refractivity contribution in [3.63, 3.8) is 0 Å². The maximum Gasteiger partial charge on any atom is 0.251 e. The Bertz CT molecular complexity index is 1150. The number of anilines is 1. The molecular weight excluding hydrogens is 578 g/mol. The number of aryl methyl sites for hydroxylation is 2. The van der Waals surface area contributed by atoms with Crippen LogP contribution in [-0.2, 0) is 14.4 Å². The predicted molar refractivity (Wildman–Crippen MR) is 161 cm³/mol. The summed E-state index contributed by atoms with van der Waals surface area (Å²) in [7, 11) is 1.75. The summed E-state index contributed by atoms with van der Waals surface area (Å²) in [5.74, 6) is -1.35. The van der Waals surface area contributed by atoms with Gasteiger partial charge in [0, 0.05) is 49.1 Å². The number of likely N-dealkylation sites (N-methyl/N-ethyl adjacent to an activating group) is 1. The molecule has 2 bridgehead atoms. The highest BCUT2D eigenvalue weighted by Gasteiger charge is 2.75. The number of benzene rings is 1. The number of alkyl halides is 1. The molecule has 3 aliphatic heterocycles. The molecule has 1 N–H and O–H groups in total. The van der Waals surface area contributed by atoms with Gasteiger partial charge in [0.05, 0.1) is 16.6 Å². The predicted octanol–water partition coefficient (Wildman–Crippen LogP) is 4.09. The molecule has 3 saturated heterocycles. The van der Waals surface area contributed by atoms with Crippen LogP contribution in [0.1, 0.15) is 36.8 Å². The zero-order valence-electron chi connectivity index (χ0n) is 23.1. The fraction of sp³-hybridized carbons (Fsp3) is 0.567. The van der Waals surface area contributed by atoms with Crippen molar-refractivity contribution < 1.29 is 19.5 Å². The Kier molecular flexibility index (Phi) is 9.33. The van der Waals surface area contributed by atoms with Crippen LogP contribution in [0.3, 0.4) is 0 Å². The standard InChI is InChI=1S/C30H40BrN3O4S/c1-6-13-32(5)27(36)23-24-28(37)34(15-9-8-10-16-35)26(30(24)18-21(31)25(23)39-30)29(38)33(14-7-2)22-17-19(3)11-12-20(22)4/h6-7,11-12,17,21,23-26,35H,1-2,8-10,13-16,18H2,3-5H3/t21?,23-,24-,25-,26?,30?/m0/s1. The lowest BCUT2D eigenvalue weighted by Gasteiger charge is -2.38. The molecule has 0 aromatic heterocycles. The minimum Gasteiger partial charge on any atom is -0.396 e. The number of amides is 3. The lowest BCUT2D eigenvalue weighted by molar-refractivity contribution is -0.143. The van der Waals surface area contributed by atoms with Gasteiger partial charge in [-0.15, -0.1) is 24.9 Å². The molecule has 1 aromatic carbocycles. The number of hydrogen-bond donors (Lipinski definition) is 1. The maximum absolute atomic E-state index is 14.7. The Hall–Kier alpha value is -2.10. The molecule has 3 fully saturated rings. The van der Waals surface area contributed by atoms with Crippen LogP contribution in [-0.4, -0.2) is 86.8 Å². The molecule has 3 unspecified atom stereocenters. The average molecular weight is 619 g/mol. The van der Waals surface area contributed by atoms with Crippen LogP contribution in [0.2, 0.25) is 0 Å². The monoisotopic (exact) mass is 617 g/mol. The molecule has 39 heavy (non-hydrogen) atoms. The van der Waals surface area contributed by atoms with E-state index in [1.54, 1.807) is 45.7 Å². The zero-order valence-corrected chi connectivity index (χ0v) is 25.5. The van der Waals surface area contributed by atoms with E-state index >= 15 is 0 Å². The number of carbonyl (C=O) groups is 3.